The molecule has 5 rings (SSSR count). The molecule has 1 fully saturated rings. The van der Waals surface area contributed by atoms with Gasteiger partial charge in [-0.2, -0.15) is 13.2 Å². The van der Waals surface area contributed by atoms with E-state index in [1.54, 1.807) is 47.3 Å². The maximum absolute atomic E-state index is 13.8. The Balaban J connectivity index is 1.35. The van der Waals surface area contributed by atoms with E-state index in [1.165, 1.54) is 12.4 Å². The molecule has 1 saturated heterocycles. The van der Waals surface area contributed by atoms with Crippen LogP contribution >= 0.6 is 0 Å². The number of carbonyl (C=O) groups excluding carboxylic acids is 1. The number of nitrogen functional groups attached to an aromatic ring is 1. The van der Waals surface area contributed by atoms with E-state index < -0.39 is 24.4 Å². The van der Waals surface area contributed by atoms with Crippen molar-refractivity contribution in [2.24, 2.45) is 5.92 Å². The van der Waals surface area contributed by atoms with Gasteiger partial charge in [0.25, 0.3) is 5.91 Å². The molecule has 1 amide bonds. The summed E-state index contributed by atoms with van der Waals surface area (Å²) in [7, 11) is 1.98. The zero-order valence-electron chi connectivity index (χ0n) is 22.1. The maximum atomic E-state index is 13.8. The minimum atomic E-state index is -4.45. The number of likely N-dealkylation sites (N-methyl/N-ethyl adjacent to an activating group) is 1. The normalized spacial score (nSPS) is 18.2. The zero-order valence-corrected chi connectivity index (χ0v) is 22.1. The molecule has 3 aromatic rings. The van der Waals surface area contributed by atoms with Crippen LogP contribution < -0.4 is 16.4 Å². The van der Waals surface area contributed by atoms with E-state index >= 15 is 0 Å². The van der Waals surface area contributed by atoms with Crippen molar-refractivity contribution in [3.05, 3.63) is 72.0 Å². The van der Waals surface area contributed by atoms with E-state index in [0.717, 1.165) is 18.7 Å². The van der Waals surface area contributed by atoms with Crippen LogP contribution in [0.5, 0.6) is 0 Å². The Morgan fingerprint density at radius 1 is 1.10 bits per heavy atom. The molecule has 10 nitrogen and oxygen atoms in total. The third kappa shape index (κ3) is 6.09. The van der Waals surface area contributed by atoms with Crippen LogP contribution in [0, 0.1) is 12.8 Å². The number of benzene rings is 1. The molecule has 0 saturated carbocycles. The number of hydrogen-bond acceptors (Lipinski definition) is 8. The quantitative estimate of drug-likeness (QED) is 0.421. The molecule has 1 aromatic carbocycles. The molecule has 3 heterocycles. The molecule has 2 aromatic heterocycles. The molecule has 210 valence electrons. The van der Waals surface area contributed by atoms with Crippen LogP contribution in [-0.2, 0) is 4.79 Å². The van der Waals surface area contributed by atoms with E-state index in [0.29, 0.717) is 47.7 Å². The zero-order chi connectivity index (χ0) is 28.4. The Kier molecular flexibility index (Phi) is 7.48. The summed E-state index contributed by atoms with van der Waals surface area (Å²) < 4.78 is 43.1. The number of nitrogens with zero attached hydrogens (tertiary/aromatic N) is 6. The van der Waals surface area contributed by atoms with Crippen LogP contribution in [0.25, 0.3) is 5.82 Å². The molecule has 0 bridgehead atoms. The lowest BCUT2D eigenvalue weighted by Crippen LogP contribution is -2.44. The van der Waals surface area contributed by atoms with Gasteiger partial charge in [0.05, 0.1) is 5.92 Å². The molecule has 4 N–H and O–H groups in total. The van der Waals surface area contributed by atoms with Gasteiger partial charge in [0.1, 0.15) is 18.0 Å². The third-order valence-electron chi connectivity index (χ3n) is 7.02. The minimum Gasteiger partial charge on any atom is -0.384 e. The highest BCUT2D eigenvalue weighted by atomic mass is 19.4. The van der Waals surface area contributed by atoms with Crippen LogP contribution in [0.1, 0.15) is 12.0 Å². The number of amides is 1. The summed E-state index contributed by atoms with van der Waals surface area (Å²) in [6.45, 7) is 4.57. The number of piperazine rings is 1. The van der Waals surface area contributed by atoms with Gasteiger partial charge in [-0.3, -0.25) is 9.36 Å². The number of allylic oxidation sites excluding steroid dienone is 2. The fourth-order valence-electron chi connectivity index (χ4n) is 4.66. The molecule has 13 heteroatoms. The first-order valence-electron chi connectivity index (χ1n) is 12.8. The summed E-state index contributed by atoms with van der Waals surface area (Å²) in [5.74, 6) is -1.02. The van der Waals surface area contributed by atoms with Gasteiger partial charge in [0, 0.05) is 67.3 Å². The molecule has 1 aliphatic carbocycles. The Labute approximate surface area is 229 Å². The Bertz CT molecular complexity index is 1460. The van der Waals surface area contributed by atoms with Crippen molar-refractivity contribution >= 4 is 29.0 Å². The molecule has 0 radical (unpaired) electrons. The molecule has 2 aliphatic rings. The molecule has 1 atom stereocenters. The average molecular weight is 554 g/mol. The standard InChI is InChI=1S/C27H30F3N9O/c1-17-3-4-20(14-22(17)36-26-32-5-6-39(26)24-15-23(31)33-16-34-24)35-25(40)18-11-19(27(28,29)30)13-21(12-18)38-9-7-37(2)8-10-38/h3-6,12-16,19H,7-11H2,1-2H3,(H,32,36)(H,35,40)(H2,31,33,34). The van der Waals surface area contributed by atoms with Crippen molar-refractivity contribution in [3.8, 4) is 5.82 Å². The number of anilines is 4. The maximum Gasteiger partial charge on any atom is 0.395 e. The topological polar surface area (TPSA) is 117 Å². The number of rotatable bonds is 6. The number of aromatic nitrogens is 4. The summed E-state index contributed by atoms with van der Waals surface area (Å²) in [6.07, 6.45) is 2.62. The Morgan fingerprint density at radius 3 is 2.60 bits per heavy atom. The molecule has 1 aliphatic heterocycles. The highest BCUT2D eigenvalue weighted by Gasteiger charge is 2.41. The van der Waals surface area contributed by atoms with Crippen molar-refractivity contribution in [1.82, 2.24) is 29.3 Å². The second-order valence-corrected chi connectivity index (χ2v) is 9.93. The van der Waals surface area contributed by atoms with Crippen LogP contribution in [0.15, 0.2) is 66.4 Å². The molecular formula is C27H30F3N9O. The van der Waals surface area contributed by atoms with Gasteiger partial charge in [-0.25, -0.2) is 15.0 Å². The van der Waals surface area contributed by atoms with Crippen molar-refractivity contribution in [2.45, 2.75) is 19.5 Å². The molecule has 0 spiro atoms. The van der Waals surface area contributed by atoms with Gasteiger partial charge in [-0.05, 0) is 50.2 Å². The van der Waals surface area contributed by atoms with Gasteiger partial charge in [-0.1, -0.05) is 6.07 Å². The first-order valence-corrected chi connectivity index (χ1v) is 12.8. The second kappa shape index (κ2) is 11.0. The monoisotopic (exact) mass is 553 g/mol. The first kappa shape index (κ1) is 27.2. The number of nitrogens with one attached hydrogen (secondary N) is 2. The largest absolute Gasteiger partial charge is 0.395 e. The number of halogens is 3. The summed E-state index contributed by atoms with van der Waals surface area (Å²) in [5, 5.41) is 6.01. The Morgan fingerprint density at radius 2 is 1.88 bits per heavy atom. The highest BCUT2D eigenvalue weighted by Crippen LogP contribution is 2.37. The van der Waals surface area contributed by atoms with Gasteiger partial charge in [-0.15, -0.1) is 0 Å². The predicted octanol–water partition coefficient (Wildman–Crippen LogP) is 3.87. The number of aryl methyl sites for hydroxylation is 1. The van der Waals surface area contributed by atoms with Gasteiger partial charge >= 0.3 is 6.18 Å². The van der Waals surface area contributed by atoms with Crippen LogP contribution in [0.2, 0.25) is 0 Å². The average Bonchev–Trinajstić information content (AvgIpc) is 3.38. The SMILES string of the molecule is Cc1ccc(NC(=O)C2=CC(N3CCN(C)CC3)=CC(C(F)(F)F)C2)cc1Nc1nccn1-c1cc(N)ncn1. The number of nitrogens with two attached hydrogens (primary N) is 1. The van der Waals surface area contributed by atoms with Crippen molar-refractivity contribution < 1.29 is 18.0 Å². The van der Waals surface area contributed by atoms with Crippen LogP contribution in [-0.4, -0.2) is 74.6 Å². The Hall–Kier alpha value is -4.39. The predicted molar refractivity (Wildman–Crippen MR) is 146 cm³/mol. The van der Waals surface area contributed by atoms with Crippen LogP contribution in [0.3, 0.4) is 0 Å². The fourth-order valence-corrected chi connectivity index (χ4v) is 4.66. The van der Waals surface area contributed by atoms with E-state index in [4.69, 9.17) is 5.73 Å². The summed E-state index contributed by atoms with van der Waals surface area (Å²) in [5.41, 5.74) is 8.26. The lowest BCUT2D eigenvalue weighted by Gasteiger charge is -2.37. The number of imidazole rings is 1. The van der Waals surface area contributed by atoms with Crippen molar-refractivity contribution in [1.29, 1.82) is 0 Å². The van der Waals surface area contributed by atoms with Crippen molar-refractivity contribution in [3.63, 3.8) is 0 Å². The van der Waals surface area contributed by atoms with E-state index in [2.05, 4.69) is 30.5 Å². The van der Waals surface area contributed by atoms with Gasteiger partial charge in [0.2, 0.25) is 5.95 Å². The molecule has 1 unspecified atom stereocenters. The van der Waals surface area contributed by atoms with Gasteiger partial charge in [0.15, 0.2) is 0 Å². The van der Waals surface area contributed by atoms with Crippen molar-refractivity contribution in [2.75, 3.05) is 49.6 Å². The van der Waals surface area contributed by atoms with Gasteiger partial charge < -0.3 is 26.2 Å². The van der Waals surface area contributed by atoms with E-state index in [9.17, 15) is 18.0 Å². The summed E-state index contributed by atoms with van der Waals surface area (Å²) >= 11 is 0. The fraction of sp³-hybridized carbons (Fsp3) is 0.333. The summed E-state index contributed by atoms with van der Waals surface area (Å²) in [4.78, 5) is 29.7. The number of alkyl halides is 3. The highest BCUT2D eigenvalue weighted by molar-refractivity contribution is 6.04. The van der Waals surface area contributed by atoms with E-state index in [-0.39, 0.29) is 5.57 Å². The summed E-state index contributed by atoms with van der Waals surface area (Å²) in [6, 6.07) is 6.82. The second-order valence-electron chi connectivity index (χ2n) is 9.93. The molecule has 40 heavy (non-hydrogen) atoms. The van der Waals surface area contributed by atoms with E-state index in [1.807, 2.05) is 18.9 Å². The lowest BCUT2D eigenvalue weighted by atomic mass is 9.91. The first-order chi connectivity index (χ1) is 19.1. The third-order valence-corrected chi connectivity index (χ3v) is 7.02. The smallest absolute Gasteiger partial charge is 0.384 e. The number of hydrogen-bond donors (Lipinski definition) is 3. The minimum absolute atomic E-state index is 0.0886. The number of carbonyl (C=O) groups is 1. The van der Waals surface area contributed by atoms with Crippen LogP contribution in [0.4, 0.5) is 36.3 Å². The lowest BCUT2D eigenvalue weighted by molar-refractivity contribution is -0.161. The molecular weight excluding hydrogens is 523 g/mol.